The van der Waals surface area contributed by atoms with Gasteiger partial charge >= 0.3 is 17.9 Å². The first-order valence-electron chi connectivity index (χ1n) is 24.2. The van der Waals surface area contributed by atoms with Crippen molar-refractivity contribution in [1.29, 1.82) is 0 Å². The normalized spacial score (nSPS) is 12.9. The monoisotopic (exact) mass is 833 g/mol. The Labute approximate surface area is 368 Å². The van der Waals surface area contributed by atoms with E-state index in [1.165, 1.54) is 64.2 Å². The Kier molecular flexibility index (Phi) is 45.1. The van der Waals surface area contributed by atoms with Crippen LogP contribution in [0.5, 0.6) is 0 Å². The van der Waals surface area contributed by atoms with Gasteiger partial charge in [0, 0.05) is 19.3 Å². The van der Waals surface area contributed by atoms with Gasteiger partial charge in [-0.3, -0.25) is 14.4 Å². The molecule has 0 bridgehead atoms. The van der Waals surface area contributed by atoms with Crippen molar-refractivity contribution in [2.75, 3.05) is 13.2 Å². The van der Waals surface area contributed by atoms with Crippen molar-refractivity contribution in [1.82, 2.24) is 0 Å². The molecule has 0 aromatic carbocycles. The van der Waals surface area contributed by atoms with Gasteiger partial charge in [0.05, 0.1) is 0 Å². The average Bonchev–Trinajstić information content (AvgIpc) is 3.24. The maximum atomic E-state index is 12.7. The maximum Gasteiger partial charge on any atom is 0.306 e. The lowest BCUT2D eigenvalue weighted by Gasteiger charge is -2.18. The molecule has 0 heterocycles. The summed E-state index contributed by atoms with van der Waals surface area (Å²) in [5.41, 5.74) is 0. The van der Waals surface area contributed by atoms with Crippen molar-refractivity contribution in [3.8, 4) is 0 Å². The van der Waals surface area contributed by atoms with Crippen molar-refractivity contribution in [3.63, 3.8) is 0 Å². The standard InChI is InChI=1S/C54H88O6/c1-4-7-10-13-16-19-21-23-25-27-29-30-32-35-38-41-44-47-53(56)59-50-51(49-58-52(55)46-43-40-37-34-18-15-12-9-6-3)60-54(57)48-45-42-39-36-33-31-28-26-24-22-20-17-14-11-8-5-2/h8,11,16-17,19-20,23-26,29-31,33,35,38,51H,4-7,9-10,12-15,18,21-22,27-28,32,34,36-37,39-50H2,1-3H3/b11-8-,19-16-,20-17-,25-23-,26-24-,30-29-,33-31-,38-35-. The molecule has 1 unspecified atom stereocenters. The quantitative estimate of drug-likeness (QED) is 0.0264. The topological polar surface area (TPSA) is 78.9 Å². The van der Waals surface area contributed by atoms with E-state index in [1.807, 2.05) is 0 Å². The Hall–Kier alpha value is -3.67. The van der Waals surface area contributed by atoms with E-state index < -0.39 is 6.10 Å². The van der Waals surface area contributed by atoms with E-state index in [1.54, 1.807) is 0 Å². The highest BCUT2D eigenvalue weighted by atomic mass is 16.6. The van der Waals surface area contributed by atoms with Gasteiger partial charge in [-0.2, -0.15) is 0 Å². The molecular formula is C54H88O6. The van der Waals surface area contributed by atoms with Crippen molar-refractivity contribution in [2.45, 2.75) is 213 Å². The Morgan fingerprint density at radius 1 is 0.350 bits per heavy atom. The van der Waals surface area contributed by atoms with Gasteiger partial charge in [0.2, 0.25) is 0 Å². The van der Waals surface area contributed by atoms with E-state index >= 15 is 0 Å². The summed E-state index contributed by atoms with van der Waals surface area (Å²) in [7, 11) is 0. The van der Waals surface area contributed by atoms with Crippen molar-refractivity contribution in [3.05, 3.63) is 97.2 Å². The van der Waals surface area contributed by atoms with E-state index in [4.69, 9.17) is 14.2 Å². The zero-order valence-corrected chi connectivity index (χ0v) is 38.7. The summed E-state index contributed by atoms with van der Waals surface area (Å²) in [5, 5.41) is 0. The third kappa shape index (κ3) is 45.4. The summed E-state index contributed by atoms with van der Waals surface area (Å²) in [4.78, 5) is 37.8. The van der Waals surface area contributed by atoms with Crippen LogP contribution < -0.4 is 0 Å². The molecule has 0 aromatic rings. The number of carbonyl (C=O) groups excluding carboxylic acids is 3. The fourth-order valence-corrected chi connectivity index (χ4v) is 6.19. The molecule has 0 saturated heterocycles. The Bertz CT molecular complexity index is 1230. The molecule has 0 aliphatic carbocycles. The zero-order valence-electron chi connectivity index (χ0n) is 38.7. The van der Waals surface area contributed by atoms with Crippen LogP contribution in [-0.4, -0.2) is 37.2 Å². The van der Waals surface area contributed by atoms with Crippen LogP contribution in [-0.2, 0) is 28.6 Å². The number of esters is 3. The fourth-order valence-electron chi connectivity index (χ4n) is 6.19. The summed E-state index contributed by atoms with van der Waals surface area (Å²) in [6.07, 6.45) is 62.5. The van der Waals surface area contributed by atoms with Gasteiger partial charge in [0.25, 0.3) is 0 Å². The molecule has 6 nitrogen and oxygen atoms in total. The van der Waals surface area contributed by atoms with Crippen molar-refractivity contribution in [2.24, 2.45) is 0 Å². The van der Waals surface area contributed by atoms with Gasteiger partial charge in [-0.05, 0) is 96.3 Å². The second-order valence-electron chi connectivity index (χ2n) is 15.6. The predicted octanol–water partition coefficient (Wildman–Crippen LogP) is 15.8. The highest BCUT2D eigenvalue weighted by molar-refractivity contribution is 5.71. The number of unbranched alkanes of at least 4 members (excludes halogenated alkanes) is 15. The zero-order chi connectivity index (χ0) is 43.7. The van der Waals surface area contributed by atoms with Gasteiger partial charge in [-0.25, -0.2) is 0 Å². The minimum absolute atomic E-state index is 0.108. The molecule has 340 valence electrons. The number of carbonyl (C=O) groups is 3. The van der Waals surface area contributed by atoms with E-state index in [-0.39, 0.29) is 44.0 Å². The first kappa shape index (κ1) is 56.3. The Morgan fingerprint density at radius 2 is 0.667 bits per heavy atom. The van der Waals surface area contributed by atoms with E-state index in [9.17, 15) is 14.4 Å². The lowest BCUT2D eigenvalue weighted by atomic mass is 10.1. The largest absolute Gasteiger partial charge is 0.462 e. The van der Waals surface area contributed by atoms with Crippen LogP contribution in [0.4, 0.5) is 0 Å². The van der Waals surface area contributed by atoms with E-state index in [2.05, 4.69) is 118 Å². The van der Waals surface area contributed by atoms with Crippen molar-refractivity contribution >= 4 is 17.9 Å². The van der Waals surface area contributed by atoms with Gasteiger partial charge < -0.3 is 14.2 Å². The summed E-state index contributed by atoms with van der Waals surface area (Å²) >= 11 is 0. The number of hydrogen-bond donors (Lipinski definition) is 0. The van der Waals surface area contributed by atoms with Gasteiger partial charge in [0.15, 0.2) is 6.10 Å². The van der Waals surface area contributed by atoms with Gasteiger partial charge in [0.1, 0.15) is 13.2 Å². The second kappa shape index (κ2) is 48.0. The summed E-state index contributed by atoms with van der Waals surface area (Å²) < 4.78 is 16.6. The van der Waals surface area contributed by atoms with E-state index in [0.29, 0.717) is 12.8 Å². The first-order valence-corrected chi connectivity index (χ1v) is 24.2. The second-order valence-corrected chi connectivity index (χ2v) is 15.6. The van der Waals surface area contributed by atoms with Crippen LogP contribution in [0.15, 0.2) is 97.2 Å². The smallest absolute Gasteiger partial charge is 0.306 e. The molecule has 0 aromatic heterocycles. The predicted molar refractivity (Wildman–Crippen MR) is 256 cm³/mol. The molecule has 6 heteroatoms. The lowest BCUT2D eigenvalue weighted by Crippen LogP contribution is -2.30. The summed E-state index contributed by atoms with van der Waals surface area (Å²) in [6.45, 7) is 6.38. The average molecular weight is 833 g/mol. The Morgan fingerprint density at radius 3 is 1.12 bits per heavy atom. The molecule has 0 radical (unpaired) electrons. The van der Waals surface area contributed by atoms with Gasteiger partial charge in [-0.1, -0.05) is 189 Å². The molecule has 0 spiro atoms. The molecule has 0 saturated carbocycles. The van der Waals surface area contributed by atoms with Crippen LogP contribution in [0.2, 0.25) is 0 Å². The SMILES string of the molecule is CC/C=C\C/C=C\C/C=C\C/C=C\CCCCCC(=O)OC(COC(=O)CCC/C=C\C/C=C\C/C=C\C/C=C\CCCCC)COC(=O)CCCCCCCCCCC. The molecule has 0 aliphatic heterocycles. The molecule has 0 aliphatic rings. The first-order chi connectivity index (χ1) is 29.5. The minimum Gasteiger partial charge on any atom is -0.462 e. The molecular weight excluding hydrogens is 745 g/mol. The van der Waals surface area contributed by atoms with Crippen LogP contribution in [0.1, 0.15) is 207 Å². The van der Waals surface area contributed by atoms with Crippen LogP contribution >= 0.6 is 0 Å². The summed E-state index contributed by atoms with van der Waals surface area (Å²) in [5.74, 6) is -1.01. The van der Waals surface area contributed by atoms with Crippen LogP contribution in [0.25, 0.3) is 0 Å². The molecule has 0 amide bonds. The van der Waals surface area contributed by atoms with Crippen molar-refractivity contribution < 1.29 is 28.6 Å². The number of hydrogen-bond acceptors (Lipinski definition) is 6. The molecule has 0 fully saturated rings. The minimum atomic E-state index is -0.813. The number of allylic oxidation sites excluding steroid dienone is 16. The van der Waals surface area contributed by atoms with Crippen LogP contribution in [0.3, 0.4) is 0 Å². The lowest BCUT2D eigenvalue weighted by molar-refractivity contribution is -0.167. The summed E-state index contributed by atoms with van der Waals surface area (Å²) in [6, 6.07) is 0. The fraction of sp³-hybridized carbons (Fsp3) is 0.648. The highest BCUT2D eigenvalue weighted by Gasteiger charge is 2.19. The van der Waals surface area contributed by atoms with Crippen LogP contribution in [0, 0.1) is 0 Å². The maximum absolute atomic E-state index is 12.7. The number of rotatable bonds is 42. The highest BCUT2D eigenvalue weighted by Crippen LogP contribution is 2.12. The molecule has 1 atom stereocenters. The van der Waals surface area contributed by atoms with Gasteiger partial charge in [-0.15, -0.1) is 0 Å². The third-order valence-electron chi connectivity index (χ3n) is 9.82. The third-order valence-corrected chi connectivity index (χ3v) is 9.82. The molecule has 0 rings (SSSR count). The molecule has 0 N–H and O–H groups in total. The number of ether oxygens (including phenoxy) is 3. The van der Waals surface area contributed by atoms with E-state index in [0.717, 1.165) is 96.3 Å². The molecule has 60 heavy (non-hydrogen) atoms. The Balaban J connectivity index is 4.51.